The topological polar surface area (TPSA) is 71.1 Å². The van der Waals surface area contributed by atoms with Gasteiger partial charge in [0.2, 0.25) is 5.91 Å². The van der Waals surface area contributed by atoms with Gasteiger partial charge in [-0.25, -0.2) is 4.98 Å². The molecule has 1 aromatic heterocycles. The average Bonchev–Trinajstić information content (AvgIpc) is 3.06. The van der Waals surface area contributed by atoms with Crippen molar-refractivity contribution in [3.05, 3.63) is 75.2 Å². The van der Waals surface area contributed by atoms with Crippen molar-refractivity contribution in [3.63, 3.8) is 0 Å². The molecule has 8 heteroatoms. The molecule has 2 N–H and O–H groups in total. The molecule has 0 saturated carbocycles. The van der Waals surface area contributed by atoms with Crippen molar-refractivity contribution in [3.8, 4) is 0 Å². The van der Waals surface area contributed by atoms with E-state index in [1.54, 1.807) is 17.5 Å². The van der Waals surface area contributed by atoms with E-state index in [2.05, 4.69) is 15.6 Å². The van der Waals surface area contributed by atoms with Gasteiger partial charge < -0.3 is 10.6 Å². The van der Waals surface area contributed by atoms with Gasteiger partial charge in [0.15, 0.2) is 5.13 Å². The number of halogens is 2. The van der Waals surface area contributed by atoms with Crippen molar-refractivity contribution < 1.29 is 9.59 Å². The van der Waals surface area contributed by atoms with E-state index < -0.39 is 5.91 Å². The van der Waals surface area contributed by atoms with Crippen molar-refractivity contribution in [2.75, 3.05) is 10.6 Å². The lowest BCUT2D eigenvalue weighted by Crippen LogP contribution is -2.15. The number of carbonyl (C=O) groups is 2. The summed E-state index contributed by atoms with van der Waals surface area (Å²) in [7, 11) is 0. The van der Waals surface area contributed by atoms with Crippen LogP contribution >= 0.6 is 34.5 Å². The maximum Gasteiger partial charge on any atom is 0.275 e. The maximum absolute atomic E-state index is 12.3. The lowest BCUT2D eigenvalue weighted by atomic mass is 10.1. The Morgan fingerprint density at radius 1 is 1.04 bits per heavy atom. The quantitative estimate of drug-likeness (QED) is 0.634. The molecule has 3 aromatic rings. The van der Waals surface area contributed by atoms with E-state index in [4.69, 9.17) is 23.2 Å². The van der Waals surface area contributed by atoms with E-state index in [-0.39, 0.29) is 18.0 Å². The lowest BCUT2D eigenvalue weighted by molar-refractivity contribution is -0.115. The Morgan fingerprint density at radius 2 is 1.81 bits per heavy atom. The summed E-state index contributed by atoms with van der Waals surface area (Å²) >= 11 is 13.0. The molecule has 3 rings (SSSR count). The van der Waals surface area contributed by atoms with E-state index in [9.17, 15) is 9.59 Å². The molecular formula is C18H13Cl2N3O2S. The number of nitrogens with zero attached hydrogens (tertiary/aromatic N) is 1. The summed E-state index contributed by atoms with van der Waals surface area (Å²) in [5.74, 6) is -0.618. The summed E-state index contributed by atoms with van der Waals surface area (Å²) in [6.45, 7) is 0. The summed E-state index contributed by atoms with van der Waals surface area (Å²) < 4.78 is 0. The van der Waals surface area contributed by atoms with Crippen LogP contribution in [0.15, 0.2) is 53.9 Å². The highest BCUT2D eigenvalue weighted by Gasteiger charge is 2.14. The minimum atomic E-state index is -0.422. The Hall–Kier alpha value is -2.41. The van der Waals surface area contributed by atoms with Gasteiger partial charge in [0.05, 0.1) is 17.1 Å². The number of thiazole rings is 1. The number of hydrogen-bond donors (Lipinski definition) is 2. The first-order chi connectivity index (χ1) is 12.5. The molecule has 0 saturated heterocycles. The molecule has 0 spiro atoms. The van der Waals surface area contributed by atoms with Gasteiger partial charge in [-0.05, 0) is 23.8 Å². The molecule has 132 valence electrons. The first-order valence-electron chi connectivity index (χ1n) is 7.57. The minimum absolute atomic E-state index is 0.191. The first-order valence-corrected chi connectivity index (χ1v) is 9.20. The van der Waals surface area contributed by atoms with Crippen molar-refractivity contribution >= 4 is 57.2 Å². The summed E-state index contributed by atoms with van der Waals surface area (Å²) in [4.78, 5) is 28.5. The van der Waals surface area contributed by atoms with Gasteiger partial charge in [0.25, 0.3) is 5.91 Å². The van der Waals surface area contributed by atoms with E-state index in [1.807, 2.05) is 30.3 Å². The fourth-order valence-corrected chi connectivity index (χ4v) is 3.32. The third-order valence-corrected chi connectivity index (χ3v) is 4.68. The standard InChI is InChI=1S/C18H13Cl2N3O2S/c19-12-6-7-14(13(20)9-12)21-17(25)15-10-26-18(22-15)23-16(24)8-11-4-2-1-3-5-11/h1-7,9-10H,8H2,(H,21,25)(H,22,23,24). The van der Waals surface area contributed by atoms with Gasteiger partial charge in [-0.2, -0.15) is 0 Å². The average molecular weight is 406 g/mol. The zero-order valence-corrected chi connectivity index (χ0v) is 15.7. The number of carbonyl (C=O) groups excluding carboxylic acids is 2. The molecule has 2 aromatic carbocycles. The number of nitrogens with one attached hydrogen (secondary N) is 2. The molecule has 0 aliphatic heterocycles. The van der Waals surface area contributed by atoms with Crippen LogP contribution in [0, 0.1) is 0 Å². The highest BCUT2D eigenvalue weighted by molar-refractivity contribution is 7.14. The fourth-order valence-electron chi connectivity index (χ4n) is 2.16. The minimum Gasteiger partial charge on any atom is -0.319 e. The first kappa shape index (κ1) is 18.4. The van der Waals surface area contributed by atoms with E-state index >= 15 is 0 Å². The second-order valence-corrected chi connectivity index (χ2v) is 7.03. The zero-order valence-electron chi connectivity index (χ0n) is 13.3. The Bertz CT molecular complexity index is 945. The van der Waals surface area contributed by atoms with Crippen LogP contribution in [-0.4, -0.2) is 16.8 Å². The molecule has 1 heterocycles. The van der Waals surface area contributed by atoms with Gasteiger partial charge >= 0.3 is 0 Å². The summed E-state index contributed by atoms with van der Waals surface area (Å²) in [5.41, 5.74) is 1.52. The number of amides is 2. The molecule has 0 radical (unpaired) electrons. The number of hydrogen-bond acceptors (Lipinski definition) is 4. The van der Waals surface area contributed by atoms with E-state index in [1.165, 1.54) is 17.4 Å². The molecule has 0 aliphatic rings. The van der Waals surface area contributed by atoms with Crippen molar-refractivity contribution in [2.45, 2.75) is 6.42 Å². The van der Waals surface area contributed by atoms with Crippen LogP contribution in [0.1, 0.15) is 16.1 Å². The monoisotopic (exact) mass is 405 g/mol. The molecule has 5 nitrogen and oxygen atoms in total. The molecular weight excluding hydrogens is 393 g/mol. The predicted molar refractivity (Wildman–Crippen MR) is 105 cm³/mol. The Balaban J connectivity index is 1.61. The van der Waals surface area contributed by atoms with Crippen molar-refractivity contribution in [1.82, 2.24) is 4.98 Å². The van der Waals surface area contributed by atoms with E-state index in [0.717, 1.165) is 5.56 Å². The second-order valence-electron chi connectivity index (χ2n) is 5.33. The molecule has 0 unspecified atom stereocenters. The highest BCUT2D eigenvalue weighted by atomic mass is 35.5. The Kier molecular flexibility index (Phi) is 5.88. The van der Waals surface area contributed by atoms with Crippen LogP contribution < -0.4 is 10.6 Å². The van der Waals surface area contributed by atoms with Gasteiger partial charge in [-0.3, -0.25) is 9.59 Å². The van der Waals surface area contributed by atoms with Crippen LogP contribution in [0.5, 0.6) is 0 Å². The van der Waals surface area contributed by atoms with Crippen LogP contribution in [0.25, 0.3) is 0 Å². The summed E-state index contributed by atoms with van der Waals surface area (Å²) in [6.07, 6.45) is 0.238. The van der Waals surface area contributed by atoms with Crippen molar-refractivity contribution in [2.24, 2.45) is 0 Å². The van der Waals surface area contributed by atoms with Crippen LogP contribution in [0.3, 0.4) is 0 Å². The molecule has 0 aliphatic carbocycles. The van der Waals surface area contributed by atoms with E-state index in [0.29, 0.717) is 20.9 Å². The normalized spacial score (nSPS) is 10.4. The highest BCUT2D eigenvalue weighted by Crippen LogP contribution is 2.26. The third-order valence-electron chi connectivity index (χ3n) is 3.37. The van der Waals surface area contributed by atoms with Gasteiger partial charge in [0, 0.05) is 10.4 Å². The predicted octanol–water partition coefficient (Wildman–Crippen LogP) is 4.88. The Labute approximate surface area is 164 Å². The molecule has 0 bridgehead atoms. The van der Waals surface area contributed by atoms with Crippen LogP contribution in [-0.2, 0) is 11.2 Å². The molecule has 26 heavy (non-hydrogen) atoms. The fraction of sp³-hybridized carbons (Fsp3) is 0.0556. The molecule has 2 amide bonds. The summed E-state index contributed by atoms with van der Waals surface area (Å²) in [5, 5.41) is 8.09. The third kappa shape index (κ3) is 4.82. The molecule has 0 fully saturated rings. The number of rotatable bonds is 5. The van der Waals surface area contributed by atoms with Gasteiger partial charge in [-0.15, -0.1) is 11.3 Å². The second kappa shape index (κ2) is 8.31. The number of aromatic nitrogens is 1. The number of benzene rings is 2. The number of anilines is 2. The van der Waals surface area contributed by atoms with Crippen LogP contribution in [0.2, 0.25) is 10.0 Å². The van der Waals surface area contributed by atoms with Crippen LogP contribution in [0.4, 0.5) is 10.8 Å². The summed E-state index contributed by atoms with van der Waals surface area (Å²) in [6, 6.07) is 14.1. The van der Waals surface area contributed by atoms with Gasteiger partial charge in [-0.1, -0.05) is 53.5 Å². The lowest BCUT2D eigenvalue weighted by Gasteiger charge is -2.05. The zero-order chi connectivity index (χ0) is 18.5. The largest absolute Gasteiger partial charge is 0.319 e. The van der Waals surface area contributed by atoms with Gasteiger partial charge in [0.1, 0.15) is 5.69 Å². The SMILES string of the molecule is O=C(Cc1ccccc1)Nc1nc(C(=O)Nc2ccc(Cl)cc2Cl)cs1. The Morgan fingerprint density at radius 3 is 2.54 bits per heavy atom. The molecule has 0 atom stereocenters. The van der Waals surface area contributed by atoms with Crippen molar-refractivity contribution in [1.29, 1.82) is 0 Å². The maximum atomic E-state index is 12.3. The smallest absolute Gasteiger partial charge is 0.275 e.